The predicted molar refractivity (Wildman–Crippen MR) is 117 cm³/mol. The van der Waals surface area contributed by atoms with Gasteiger partial charge in [-0.1, -0.05) is 65.2 Å². The maximum Gasteiger partial charge on any atom is 0.503 e. The third kappa shape index (κ3) is 10.6. The molecule has 0 radical (unpaired) electrons. The normalized spacial score (nSPS) is 14.3. The zero-order valence-corrected chi connectivity index (χ0v) is 20.3. The Morgan fingerprint density at radius 1 is 0.731 bits per heavy atom. The lowest BCUT2D eigenvalue weighted by Gasteiger charge is -2.36. The van der Waals surface area contributed by atoms with Gasteiger partial charge in [0.25, 0.3) is 0 Å². The lowest BCUT2D eigenvalue weighted by Crippen LogP contribution is -2.49. The second kappa shape index (κ2) is 17.4. The van der Waals surface area contributed by atoms with E-state index in [2.05, 4.69) is 32.8 Å². The molecule has 0 fully saturated rings. The molecule has 0 spiro atoms. The van der Waals surface area contributed by atoms with Crippen molar-refractivity contribution in [2.75, 3.05) is 35.4 Å². The largest absolute Gasteiger partial charge is 0.503 e. The molecule has 0 heterocycles. The van der Waals surface area contributed by atoms with Gasteiger partial charge in [0.1, 0.15) is 0 Å². The van der Waals surface area contributed by atoms with Crippen LogP contribution < -0.4 is 0 Å². The van der Waals surface area contributed by atoms with Gasteiger partial charge in [-0.05, 0) is 33.4 Å². The molecule has 0 aromatic rings. The lowest BCUT2D eigenvalue weighted by atomic mass is 10.0. The number of hydrogen-bond donors (Lipinski definition) is 0. The Hall–Kier alpha value is 0.347. The fourth-order valence-electron chi connectivity index (χ4n) is 3.79. The van der Waals surface area contributed by atoms with Gasteiger partial charge < -0.3 is 18.2 Å². The molecule has 4 nitrogen and oxygen atoms in total. The molecule has 2 atom stereocenters. The van der Waals surface area contributed by atoms with E-state index in [0.717, 1.165) is 12.8 Å². The summed E-state index contributed by atoms with van der Waals surface area (Å²) in [6.45, 7) is 4.53. The first-order valence-corrected chi connectivity index (χ1v) is 12.1. The molecule has 0 aromatic heterocycles. The third-order valence-electron chi connectivity index (χ3n) is 5.42. The van der Waals surface area contributed by atoms with Crippen molar-refractivity contribution in [3.05, 3.63) is 0 Å². The second-order valence-corrected chi connectivity index (χ2v) is 10.7. The van der Waals surface area contributed by atoms with E-state index in [-0.39, 0.29) is 12.4 Å². The Labute approximate surface area is 171 Å². The quantitative estimate of drug-likeness (QED) is 0.219. The van der Waals surface area contributed by atoms with Crippen LogP contribution in [0.25, 0.3) is 0 Å². The van der Waals surface area contributed by atoms with Crippen molar-refractivity contribution in [3.8, 4) is 0 Å². The highest BCUT2D eigenvalue weighted by Gasteiger charge is 2.47. The van der Waals surface area contributed by atoms with E-state index < -0.39 is 8.80 Å². The monoisotopic (exact) mass is 411 g/mol. The molecule has 0 aromatic carbocycles. The Bertz CT molecular complexity index is 297. The number of halogens is 1. The van der Waals surface area contributed by atoms with E-state index >= 15 is 0 Å². The molecule has 0 saturated heterocycles. The van der Waals surface area contributed by atoms with Crippen LogP contribution in [-0.4, -0.2) is 55.2 Å². The highest BCUT2D eigenvalue weighted by Crippen LogP contribution is 2.35. The molecule has 0 aliphatic heterocycles. The molecular weight excluding hydrogens is 366 g/mol. The number of unbranched alkanes of at least 4 members (excludes halogenated alkanes) is 6. The van der Waals surface area contributed by atoms with Gasteiger partial charge in [-0.2, -0.15) is 0 Å². The van der Waals surface area contributed by atoms with E-state index in [0.29, 0.717) is 11.6 Å². The van der Waals surface area contributed by atoms with Gasteiger partial charge in [-0.15, -0.1) is 12.4 Å². The average molecular weight is 412 g/mol. The third-order valence-corrected chi connectivity index (χ3v) is 8.65. The molecule has 0 amide bonds. The van der Waals surface area contributed by atoms with E-state index in [1.807, 2.05) is 0 Å². The van der Waals surface area contributed by atoms with E-state index in [1.165, 1.54) is 57.8 Å². The molecule has 0 aliphatic rings. The molecule has 0 aliphatic carbocycles. The van der Waals surface area contributed by atoms with E-state index in [1.54, 1.807) is 21.3 Å². The molecule has 26 heavy (non-hydrogen) atoms. The van der Waals surface area contributed by atoms with Crippen molar-refractivity contribution in [1.82, 2.24) is 4.90 Å². The second-order valence-electron chi connectivity index (χ2n) is 7.46. The van der Waals surface area contributed by atoms with Crippen LogP contribution in [0.15, 0.2) is 0 Å². The summed E-state index contributed by atoms with van der Waals surface area (Å²) < 4.78 is 17.5. The van der Waals surface area contributed by atoms with Gasteiger partial charge in [-0.3, -0.25) is 0 Å². The van der Waals surface area contributed by atoms with Gasteiger partial charge in [0.15, 0.2) is 0 Å². The minimum Gasteiger partial charge on any atom is -0.377 e. The topological polar surface area (TPSA) is 30.9 Å². The smallest absolute Gasteiger partial charge is 0.377 e. The zero-order chi connectivity index (χ0) is 19.1. The van der Waals surface area contributed by atoms with Crippen molar-refractivity contribution in [2.45, 2.75) is 96.1 Å². The van der Waals surface area contributed by atoms with Crippen molar-refractivity contribution >= 4 is 21.2 Å². The fraction of sp³-hybridized carbons (Fsp3) is 1.00. The number of nitrogens with zero attached hydrogens (tertiary/aromatic N) is 1. The van der Waals surface area contributed by atoms with Gasteiger partial charge in [0.05, 0.1) is 0 Å². The van der Waals surface area contributed by atoms with Crippen LogP contribution in [0, 0.1) is 0 Å². The van der Waals surface area contributed by atoms with Gasteiger partial charge in [-0.25, -0.2) is 0 Å². The number of rotatable bonds is 17. The highest BCUT2D eigenvalue weighted by atomic mass is 35.5. The van der Waals surface area contributed by atoms with Crippen LogP contribution >= 0.6 is 12.4 Å². The molecule has 0 saturated carbocycles. The van der Waals surface area contributed by atoms with Crippen molar-refractivity contribution < 1.29 is 13.3 Å². The summed E-state index contributed by atoms with van der Waals surface area (Å²) in [7, 11) is 7.02. The molecule has 0 bridgehead atoms. The SMILES string of the molecule is CCCCCCCCCC(CC(CCC)N(C)C)[Si](OC)(OC)OC.Cl. The molecule has 0 rings (SSSR count). The van der Waals surface area contributed by atoms with Crippen LogP contribution in [0.2, 0.25) is 5.54 Å². The zero-order valence-electron chi connectivity index (χ0n) is 18.5. The summed E-state index contributed by atoms with van der Waals surface area (Å²) in [5.41, 5.74) is 0.377. The summed E-state index contributed by atoms with van der Waals surface area (Å²) in [5, 5.41) is 0. The van der Waals surface area contributed by atoms with E-state index in [4.69, 9.17) is 13.3 Å². The maximum atomic E-state index is 5.84. The van der Waals surface area contributed by atoms with Crippen molar-refractivity contribution in [2.24, 2.45) is 0 Å². The van der Waals surface area contributed by atoms with Gasteiger partial charge in [0, 0.05) is 32.9 Å². The summed E-state index contributed by atoms with van der Waals surface area (Å²) in [6, 6.07) is 0.562. The molecule has 2 unspecified atom stereocenters. The highest BCUT2D eigenvalue weighted by molar-refractivity contribution is 6.62. The maximum absolute atomic E-state index is 5.84. The summed E-state index contributed by atoms with van der Waals surface area (Å²) in [4.78, 5) is 2.35. The van der Waals surface area contributed by atoms with Gasteiger partial charge >= 0.3 is 8.80 Å². The fourth-order valence-corrected chi connectivity index (χ4v) is 6.40. The summed E-state index contributed by atoms with van der Waals surface area (Å²) in [6.07, 6.45) is 14.0. The Morgan fingerprint density at radius 3 is 1.65 bits per heavy atom. The minimum atomic E-state index is -2.59. The Balaban J connectivity index is 0. The first kappa shape index (κ1) is 28.6. The molecule has 6 heteroatoms. The summed E-state index contributed by atoms with van der Waals surface area (Å²) >= 11 is 0. The van der Waals surface area contributed by atoms with Crippen LogP contribution in [0.1, 0.15) is 84.5 Å². The first-order valence-electron chi connectivity index (χ1n) is 10.3. The first-order chi connectivity index (χ1) is 12.0. The van der Waals surface area contributed by atoms with Crippen LogP contribution in [0.3, 0.4) is 0 Å². The standard InChI is InChI=1S/C20H45NO3Si.ClH/c1-8-10-11-12-13-14-15-17-20(25(22-5,23-6)24-7)18-19(16-9-2)21(3)4;/h19-20H,8-18H2,1-7H3;1H. The molecular formula is C20H46ClNO3Si. The Morgan fingerprint density at radius 2 is 1.23 bits per heavy atom. The lowest BCUT2D eigenvalue weighted by molar-refractivity contribution is 0.101. The molecule has 160 valence electrons. The van der Waals surface area contributed by atoms with E-state index in [9.17, 15) is 0 Å². The van der Waals surface area contributed by atoms with Crippen LogP contribution in [0.5, 0.6) is 0 Å². The predicted octanol–water partition coefficient (Wildman–Crippen LogP) is 5.92. The molecule has 0 N–H and O–H groups in total. The number of hydrogen-bond acceptors (Lipinski definition) is 4. The Kier molecular flexibility index (Phi) is 19.2. The van der Waals surface area contributed by atoms with Gasteiger partial charge in [0.2, 0.25) is 0 Å². The van der Waals surface area contributed by atoms with Crippen LogP contribution in [0.4, 0.5) is 0 Å². The van der Waals surface area contributed by atoms with Crippen molar-refractivity contribution in [1.29, 1.82) is 0 Å². The van der Waals surface area contributed by atoms with Crippen LogP contribution in [-0.2, 0) is 13.3 Å². The average Bonchev–Trinajstić information content (AvgIpc) is 2.61. The minimum absolute atomic E-state index is 0. The van der Waals surface area contributed by atoms with Crippen molar-refractivity contribution in [3.63, 3.8) is 0 Å². The summed E-state index contributed by atoms with van der Waals surface area (Å²) in [5.74, 6) is 0.